The normalized spacial score (nSPS) is 17.9. The summed E-state index contributed by atoms with van der Waals surface area (Å²) >= 11 is 0. The molecular formula is C10H10N4O3. The summed E-state index contributed by atoms with van der Waals surface area (Å²) in [5.41, 5.74) is -0.0278. The Morgan fingerprint density at radius 2 is 2.53 bits per heavy atom. The Hall–Kier alpha value is -2.20. The standard InChI is InChI=1S/C10H10N4O3/c1-11-7-4-9(14(15)16)10(12-5-7)13-6-8-2-3-17-8/h4-5,8H,2-3,6H2,(H,12,13)/t8-/m0/s1. The smallest absolute Gasteiger partial charge is 0.301 e. The Kier molecular flexibility index (Phi) is 3.16. The summed E-state index contributed by atoms with van der Waals surface area (Å²) < 4.78 is 5.19. The number of anilines is 1. The van der Waals surface area contributed by atoms with Crippen LogP contribution in [-0.4, -0.2) is 29.2 Å². The summed E-state index contributed by atoms with van der Waals surface area (Å²) in [5, 5.41) is 13.7. The van der Waals surface area contributed by atoms with Crippen LogP contribution in [0.25, 0.3) is 4.85 Å². The van der Waals surface area contributed by atoms with E-state index >= 15 is 0 Å². The van der Waals surface area contributed by atoms with Crippen LogP contribution < -0.4 is 5.32 Å². The van der Waals surface area contributed by atoms with Crippen molar-refractivity contribution in [1.82, 2.24) is 4.98 Å². The first-order valence-corrected chi connectivity index (χ1v) is 5.08. The van der Waals surface area contributed by atoms with Gasteiger partial charge in [-0.2, -0.15) is 0 Å². The van der Waals surface area contributed by atoms with Crippen molar-refractivity contribution in [2.75, 3.05) is 18.5 Å². The van der Waals surface area contributed by atoms with Gasteiger partial charge >= 0.3 is 5.69 Å². The zero-order chi connectivity index (χ0) is 12.3. The number of nitrogens with one attached hydrogen (secondary N) is 1. The number of nitro groups is 1. The summed E-state index contributed by atoms with van der Waals surface area (Å²) in [4.78, 5) is 17.2. The van der Waals surface area contributed by atoms with Crippen molar-refractivity contribution >= 4 is 17.2 Å². The van der Waals surface area contributed by atoms with Crippen molar-refractivity contribution in [3.05, 3.63) is 33.8 Å². The lowest BCUT2D eigenvalue weighted by atomic mass is 10.2. The molecule has 0 saturated carbocycles. The molecule has 17 heavy (non-hydrogen) atoms. The number of rotatable bonds is 4. The van der Waals surface area contributed by atoms with Crippen molar-refractivity contribution in [2.45, 2.75) is 12.5 Å². The van der Waals surface area contributed by atoms with Gasteiger partial charge < -0.3 is 10.1 Å². The first kappa shape index (κ1) is 11.3. The molecule has 0 bridgehead atoms. The number of aromatic nitrogens is 1. The van der Waals surface area contributed by atoms with Gasteiger partial charge in [-0.3, -0.25) is 10.1 Å². The molecule has 1 fully saturated rings. The first-order chi connectivity index (χ1) is 8.20. The molecule has 0 amide bonds. The van der Waals surface area contributed by atoms with Crippen molar-refractivity contribution in [3.63, 3.8) is 0 Å². The lowest BCUT2D eigenvalue weighted by Gasteiger charge is -2.26. The van der Waals surface area contributed by atoms with Gasteiger partial charge in [0.1, 0.15) is 0 Å². The molecule has 2 heterocycles. The number of ether oxygens (including phenoxy) is 1. The number of nitrogens with zero attached hydrogens (tertiary/aromatic N) is 3. The van der Waals surface area contributed by atoms with Crippen molar-refractivity contribution in [1.29, 1.82) is 0 Å². The maximum absolute atomic E-state index is 10.8. The summed E-state index contributed by atoms with van der Waals surface area (Å²) in [6.07, 6.45) is 2.35. The fourth-order valence-corrected chi connectivity index (χ4v) is 1.44. The van der Waals surface area contributed by atoms with Crippen LogP contribution >= 0.6 is 0 Å². The molecule has 0 unspecified atom stereocenters. The third-order valence-corrected chi connectivity index (χ3v) is 2.47. The molecular weight excluding hydrogens is 224 g/mol. The van der Waals surface area contributed by atoms with E-state index in [-0.39, 0.29) is 23.3 Å². The maximum Gasteiger partial charge on any atom is 0.301 e. The van der Waals surface area contributed by atoms with E-state index in [4.69, 9.17) is 11.3 Å². The molecule has 1 aromatic heterocycles. The van der Waals surface area contributed by atoms with Crippen molar-refractivity contribution in [2.24, 2.45) is 0 Å². The van der Waals surface area contributed by atoms with Gasteiger partial charge in [0.15, 0.2) is 0 Å². The third kappa shape index (κ3) is 2.49. The summed E-state index contributed by atoms with van der Waals surface area (Å²) in [7, 11) is 0. The molecule has 0 radical (unpaired) electrons. The van der Waals surface area contributed by atoms with Gasteiger partial charge in [-0.05, 0) is 6.42 Å². The van der Waals surface area contributed by atoms with Crippen LogP contribution in [0.2, 0.25) is 0 Å². The predicted octanol–water partition coefficient (Wildman–Crippen LogP) is 1.74. The number of hydrogen-bond donors (Lipinski definition) is 1. The monoisotopic (exact) mass is 234 g/mol. The lowest BCUT2D eigenvalue weighted by molar-refractivity contribution is -0.384. The highest BCUT2D eigenvalue weighted by atomic mass is 16.6. The highest BCUT2D eigenvalue weighted by Gasteiger charge is 2.21. The predicted molar refractivity (Wildman–Crippen MR) is 60.0 cm³/mol. The van der Waals surface area contributed by atoms with Gasteiger partial charge in [0.2, 0.25) is 11.5 Å². The Morgan fingerprint density at radius 3 is 3.06 bits per heavy atom. The van der Waals surface area contributed by atoms with Gasteiger partial charge in [0.05, 0.1) is 17.6 Å². The van der Waals surface area contributed by atoms with Crippen LogP contribution in [0.15, 0.2) is 12.3 Å². The Bertz CT molecular complexity index is 479. The van der Waals surface area contributed by atoms with E-state index < -0.39 is 4.92 Å². The summed E-state index contributed by atoms with van der Waals surface area (Å²) in [6.45, 7) is 8.01. The Balaban J connectivity index is 2.14. The highest BCUT2D eigenvalue weighted by molar-refractivity contribution is 5.62. The second kappa shape index (κ2) is 4.76. The van der Waals surface area contributed by atoms with Crippen LogP contribution in [0, 0.1) is 16.7 Å². The Labute approximate surface area is 97.4 Å². The number of hydrogen-bond acceptors (Lipinski definition) is 5. The summed E-state index contributed by atoms with van der Waals surface area (Å²) in [5.74, 6) is 0.179. The zero-order valence-electron chi connectivity index (χ0n) is 8.92. The van der Waals surface area contributed by atoms with E-state index in [0.717, 1.165) is 13.0 Å². The van der Waals surface area contributed by atoms with Crippen LogP contribution in [0.5, 0.6) is 0 Å². The molecule has 0 spiro atoms. The van der Waals surface area contributed by atoms with Crippen molar-refractivity contribution in [3.8, 4) is 0 Å². The van der Waals surface area contributed by atoms with E-state index in [1.54, 1.807) is 0 Å². The molecule has 1 aliphatic heterocycles. The first-order valence-electron chi connectivity index (χ1n) is 5.08. The molecule has 1 saturated heterocycles. The average molecular weight is 234 g/mol. The molecule has 88 valence electrons. The topological polar surface area (TPSA) is 81.7 Å². The molecule has 1 N–H and O–H groups in total. The van der Waals surface area contributed by atoms with E-state index in [1.807, 2.05) is 0 Å². The minimum absolute atomic E-state index is 0.0944. The molecule has 1 aliphatic rings. The second-order valence-corrected chi connectivity index (χ2v) is 3.59. The fourth-order valence-electron chi connectivity index (χ4n) is 1.44. The number of pyridine rings is 1. The van der Waals surface area contributed by atoms with E-state index in [2.05, 4.69) is 15.1 Å². The SMILES string of the molecule is [C-]#[N+]c1cnc(NC[C@@H]2CCO2)c([N+](=O)[O-])c1. The molecule has 1 aromatic rings. The highest BCUT2D eigenvalue weighted by Crippen LogP contribution is 2.27. The lowest BCUT2D eigenvalue weighted by Crippen LogP contribution is -2.33. The average Bonchev–Trinajstić information content (AvgIpc) is 2.27. The largest absolute Gasteiger partial charge is 0.376 e. The van der Waals surface area contributed by atoms with Crippen LogP contribution in [0.4, 0.5) is 17.2 Å². The molecule has 2 rings (SSSR count). The van der Waals surface area contributed by atoms with Crippen LogP contribution in [0.1, 0.15) is 6.42 Å². The third-order valence-electron chi connectivity index (χ3n) is 2.47. The molecule has 0 aliphatic carbocycles. The van der Waals surface area contributed by atoms with E-state index in [0.29, 0.717) is 6.54 Å². The van der Waals surface area contributed by atoms with Gasteiger partial charge in [-0.15, -0.1) is 0 Å². The molecule has 7 nitrogen and oxygen atoms in total. The molecule has 0 aromatic carbocycles. The van der Waals surface area contributed by atoms with E-state index in [9.17, 15) is 10.1 Å². The minimum atomic E-state index is -0.550. The summed E-state index contributed by atoms with van der Waals surface area (Å²) in [6, 6.07) is 1.21. The molecule has 1 atom stereocenters. The van der Waals surface area contributed by atoms with Gasteiger partial charge in [0, 0.05) is 25.4 Å². The van der Waals surface area contributed by atoms with E-state index in [1.165, 1.54) is 12.3 Å². The zero-order valence-corrected chi connectivity index (χ0v) is 8.92. The van der Waals surface area contributed by atoms with Crippen LogP contribution in [0.3, 0.4) is 0 Å². The van der Waals surface area contributed by atoms with Crippen molar-refractivity contribution < 1.29 is 9.66 Å². The van der Waals surface area contributed by atoms with Gasteiger partial charge in [0.25, 0.3) is 0 Å². The minimum Gasteiger partial charge on any atom is -0.376 e. The van der Waals surface area contributed by atoms with Crippen LogP contribution in [-0.2, 0) is 4.74 Å². The fraction of sp³-hybridized carbons (Fsp3) is 0.400. The quantitative estimate of drug-likeness (QED) is 0.487. The Morgan fingerprint density at radius 1 is 1.76 bits per heavy atom. The van der Waals surface area contributed by atoms with Gasteiger partial charge in [-0.1, -0.05) is 0 Å². The van der Waals surface area contributed by atoms with Gasteiger partial charge in [-0.25, -0.2) is 9.83 Å². The second-order valence-electron chi connectivity index (χ2n) is 3.59. The molecule has 7 heteroatoms. The maximum atomic E-state index is 10.8.